The summed E-state index contributed by atoms with van der Waals surface area (Å²) >= 11 is 0. The SMILES string of the molecule is C=CCNC(=NC)NCc1ccc(OCC(F)(F)F)nc1.I. The molecule has 0 radical (unpaired) electrons. The van der Waals surface area contributed by atoms with Crippen LogP contribution in [-0.4, -0.2) is 37.3 Å². The van der Waals surface area contributed by atoms with Gasteiger partial charge in [-0.15, -0.1) is 30.6 Å². The molecule has 0 aliphatic heterocycles. The van der Waals surface area contributed by atoms with Gasteiger partial charge in [-0.1, -0.05) is 12.1 Å². The molecule has 0 atom stereocenters. The first-order chi connectivity index (χ1) is 9.94. The molecule has 5 nitrogen and oxygen atoms in total. The highest BCUT2D eigenvalue weighted by Gasteiger charge is 2.28. The van der Waals surface area contributed by atoms with E-state index in [0.29, 0.717) is 19.0 Å². The number of aromatic nitrogens is 1. The summed E-state index contributed by atoms with van der Waals surface area (Å²) in [6.07, 6.45) is -1.23. The highest BCUT2D eigenvalue weighted by molar-refractivity contribution is 14.0. The Morgan fingerprint density at radius 1 is 1.41 bits per heavy atom. The number of nitrogens with zero attached hydrogens (tertiary/aromatic N) is 2. The van der Waals surface area contributed by atoms with Crippen LogP contribution >= 0.6 is 24.0 Å². The number of pyridine rings is 1. The molecule has 0 aromatic carbocycles. The lowest BCUT2D eigenvalue weighted by Gasteiger charge is -2.11. The summed E-state index contributed by atoms with van der Waals surface area (Å²) < 4.78 is 40.5. The molecule has 0 bridgehead atoms. The zero-order valence-electron chi connectivity index (χ0n) is 12.0. The number of halogens is 4. The molecule has 1 aromatic heterocycles. The lowest BCUT2D eigenvalue weighted by Crippen LogP contribution is -2.36. The molecule has 0 aliphatic carbocycles. The predicted octanol–water partition coefficient (Wildman–Crippen LogP) is 2.49. The normalized spacial score (nSPS) is 11.4. The summed E-state index contributed by atoms with van der Waals surface area (Å²) in [7, 11) is 1.63. The topological polar surface area (TPSA) is 58.5 Å². The second-order valence-electron chi connectivity index (χ2n) is 4.00. The van der Waals surface area contributed by atoms with Gasteiger partial charge in [-0.25, -0.2) is 4.98 Å². The third kappa shape index (κ3) is 8.70. The van der Waals surface area contributed by atoms with Crippen LogP contribution in [0.4, 0.5) is 13.2 Å². The van der Waals surface area contributed by atoms with E-state index in [1.807, 2.05) is 0 Å². The van der Waals surface area contributed by atoms with Crippen molar-refractivity contribution >= 4 is 29.9 Å². The van der Waals surface area contributed by atoms with Crippen molar-refractivity contribution in [1.29, 1.82) is 0 Å². The first-order valence-electron chi connectivity index (χ1n) is 6.14. The van der Waals surface area contributed by atoms with Gasteiger partial charge < -0.3 is 15.4 Å². The predicted molar refractivity (Wildman–Crippen MR) is 89.6 cm³/mol. The molecule has 0 spiro atoms. The van der Waals surface area contributed by atoms with Crippen molar-refractivity contribution in [3.05, 3.63) is 36.5 Å². The van der Waals surface area contributed by atoms with Crippen molar-refractivity contribution in [2.45, 2.75) is 12.7 Å². The Kier molecular flexibility index (Phi) is 9.54. The first kappa shape index (κ1) is 20.5. The van der Waals surface area contributed by atoms with Gasteiger partial charge in [-0.05, 0) is 5.56 Å². The Bertz CT molecular complexity index is 477. The fraction of sp³-hybridized carbons (Fsp3) is 0.385. The zero-order valence-corrected chi connectivity index (χ0v) is 14.3. The number of ether oxygens (including phenoxy) is 1. The van der Waals surface area contributed by atoms with Crippen molar-refractivity contribution in [3.8, 4) is 5.88 Å². The molecule has 1 aromatic rings. The number of nitrogens with one attached hydrogen (secondary N) is 2. The van der Waals surface area contributed by atoms with Crippen molar-refractivity contribution < 1.29 is 17.9 Å². The van der Waals surface area contributed by atoms with Gasteiger partial charge in [0.15, 0.2) is 12.6 Å². The minimum atomic E-state index is -4.37. The molecule has 1 rings (SSSR count). The molecule has 2 N–H and O–H groups in total. The quantitative estimate of drug-likeness (QED) is 0.315. The van der Waals surface area contributed by atoms with Gasteiger partial charge in [0, 0.05) is 32.4 Å². The largest absolute Gasteiger partial charge is 0.468 e. The number of guanidine groups is 1. The molecule has 0 fully saturated rings. The summed E-state index contributed by atoms with van der Waals surface area (Å²) in [5, 5.41) is 6.01. The second-order valence-corrected chi connectivity index (χ2v) is 4.00. The molecular formula is C13H18F3IN4O. The minimum absolute atomic E-state index is 0. The van der Waals surface area contributed by atoms with Crippen LogP contribution in [0.25, 0.3) is 0 Å². The fourth-order valence-electron chi connectivity index (χ4n) is 1.33. The number of alkyl halides is 3. The van der Waals surface area contributed by atoms with Gasteiger partial charge in [0.05, 0.1) is 0 Å². The molecule has 9 heteroatoms. The summed E-state index contributed by atoms with van der Waals surface area (Å²) in [5.74, 6) is 0.525. The van der Waals surface area contributed by atoms with E-state index >= 15 is 0 Å². The van der Waals surface area contributed by atoms with Crippen LogP contribution in [-0.2, 0) is 6.54 Å². The Morgan fingerprint density at radius 3 is 2.64 bits per heavy atom. The smallest absolute Gasteiger partial charge is 0.422 e. The molecule has 0 amide bonds. The summed E-state index contributed by atoms with van der Waals surface area (Å²) in [5.41, 5.74) is 0.788. The summed E-state index contributed by atoms with van der Waals surface area (Å²) in [6.45, 7) is 3.23. The number of hydrogen-bond donors (Lipinski definition) is 2. The van der Waals surface area contributed by atoms with E-state index in [9.17, 15) is 13.2 Å². The van der Waals surface area contributed by atoms with E-state index in [-0.39, 0.29) is 29.9 Å². The van der Waals surface area contributed by atoms with Crippen LogP contribution in [0, 0.1) is 0 Å². The van der Waals surface area contributed by atoms with Crippen molar-refractivity contribution in [2.75, 3.05) is 20.2 Å². The molecular weight excluding hydrogens is 412 g/mol. The Hall–Kier alpha value is -1.52. The fourth-order valence-corrected chi connectivity index (χ4v) is 1.33. The Morgan fingerprint density at radius 2 is 2.14 bits per heavy atom. The number of rotatable bonds is 6. The average molecular weight is 430 g/mol. The van der Waals surface area contributed by atoms with Crippen LogP contribution in [0.5, 0.6) is 5.88 Å². The standard InChI is InChI=1S/C13H17F3N4O.HI/c1-3-6-18-12(17-2)20-8-10-4-5-11(19-7-10)21-9-13(14,15)16;/h3-5,7H,1,6,8-9H2,2H3,(H2,17,18,20);1H. The van der Waals surface area contributed by atoms with E-state index in [2.05, 4.69) is 31.9 Å². The van der Waals surface area contributed by atoms with E-state index in [1.54, 1.807) is 19.2 Å². The van der Waals surface area contributed by atoms with Gasteiger partial charge >= 0.3 is 6.18 Å². The van der Waals surface area contributed by atoms with Crippen molar-refractivity contribution in [3.63, 3.8) is 0 Å². The zero-order chi connectivity index (χ0) is 15.7. The second kappa shape index (κ2) is 10.2. The van der Waals surface area contributed by atoms with Crippen molar-refractivity contribution in [2.24, 2.45) is 4.99 Å². The lowest BCUT2D eigenvalue weighted by atomic mass is 10.3. The van der Waals surface area contributed by atoms with E-state index < -0.39 is 12.8 Å². The molecule has 0 aliphatic rings. The minimum Gasteiger partial charge on any atom is -0.468 e. The van der Waals surface area contributed by atoms with Crippen LogP contribution in [0.3, 0.4) is 0 Å². The average Bonchev–Trinajstić information content (AvgIpc) is 2.46. The molecule has 22 heavy (non-hydrogen) atoms. The highest BCUT2D eigenvalue weighted by Crippen LogP contribution is 2.16. The van der Waals surface area contributed by atoms with Gasteiger partial charge in [-0.3, -0.25) is 4.99 Å². The molecule has 1 heterocycles. The van der Waals surface area contributed by atoms with Crippen LogP contribution < -0.4 is 15.4 Å². The van der Waals surface area contributed by atoms with Gasteiger partial charge in [0.2, 0.25) is 5.88 Å². The molecule has 0 unspecified atom stereocenters. The van der Waals surface area contributed by atoms with Crippen LogP contribution in [0.2, 0.25) is 0 Å². The van der Waals surface area contributed by atoms with E-state index in [0.717, 1.165) is 5.56 Å². The maximum absolute atomic E-state index is 12.0. The van der Waals surface area contributed by atoms with Gasteiger partial charge in [0.25, 0.3) is 0 Å². The third-order valence-electron chi connectivity index (χ3n) is 2.28. The third-order valence-corrected chi connectivity index (χ3v) is 2.28. The first-order valence-corrected chi connectivity index (χ1v) is 6.14. The molecule has 0 saturated heterocycles. The maximum Gasteiger partial charge on any atom is 0.422 e. The summed E-state index contributed by atoms with van der Waals surface area (Å²) in [4.78, 5) is 7.80. The van der Waals surface area contributed by atoms with Gasteiger partial charge in [-0.2, -0.15) is 13.2 Å². The Labute approximate surface area is 144 Å². The molecule has 124 valence electrons. The monoisotopic (exact) mass is 430 g/mol. The molecule has 0 saturated carbocycles. The number of hydrogen-bond acceptors (Lipinski definition) is 3. The van der Waals surface area contributed by atoms with Crippen LogP contribution in [0.1, 0.15) is 5.56 Å². The van der Waals surface area contributed by atoms with E-state index in [4.69, 9.17) is 0 Å². The van der Waals surface area contributed by atoms with Crippen LogP contribution in [0.15, 0.2) is 36.0 Å². The van der Waals surface area contributed by atoms with Crippen molar-refractivity contribution in [1.82, 2.24) is 15.6 Å². The van der Waals surface area contributed by atoms with Gasteiger partial charge in [0.1, 0.15) is 0 Å². The highest BCUT2D eigenvalue weighted by atomic mass is 127. The Balaban J connectivity index is 0.00000441. The number of aliphatic imine (C=N–C) groups is 1. The maximum atomic E-state index is 12.0. The lowest BCUT2D eigenvalue weighted by molar-refractivity contribution is -0.154. The van der Waals surface area contributed by atoms with E-state index in [1.165, 1.54) is 12.3 Å². The summed E-state index contributed by atoms with van der Waals surface area (Å²) in [6, 6.07) is 3.02.